The molecule has 0 unspecified atom stereocenters. The molecule has 1 aliphatic carbocycles. The summed E-state index contributed by atoms with van der Waals surface area (Å²) in [6.07, 6.45) is 0. The zero-order valence-electron chi connectivity index (χ0n) is 28.7. The SMILES string of the molecule is CC1(C)c2ccccc2-c2ccc(-c3ccc4cc(-c5cc(-c6ccc7ccccc7c6)nc(-c6ccc7ccccc7c6)c5)ccc4c3)cc21. The van der Waals surface area contributed by atoms with Crippen LogP contribution in [0.4, 0.5) is 0 Å². The molecule has 0 saturated heterocycles. The maximum atomic E-state index is 5.27. The summed E-state index contributed by atoms with van der Waals surface area (Å²) in [6, 6.07) is 64.4. The molecule has 51 heavy (non-hydrogen) atoms. The third-order valence-electron chi connectivity index (χ3n) is 11.0. The number of nitrogens with zero attached hydrogens (tertiary/aromatic N) is 1. The van der Waals surface area contributed by atoms with Crippen LogP contribution in [0.1, 0.15) is 25.0 Å². The van der Waals surface area contributed by atoms with Gasteiger partial charge in [0.15, 0.2) is 0 Å². The minimum Gasteiger partial charge on any atom is -0.248 e. The van der Waals surface area contributed by atoms with Gasteiger partial charge in [0.05, 0.1) is 11.4 Å². The highest BCUT2D eigenvalue weighted by Crippen LogP contribution is 2.49. The number of pyridine rings is 1. The predicted molar refractivity (Wildman–Crippen MR) is 216 cm³/mol. The molecule has 0 fully saturated rings. The molecule has 0 spiro atoms. The van der Waals surface area contributed by atoms with Crippen LogP contribution in [0, 0.1) is 0 Å². The van der Waals surface area contributed by atoms with Gasteiger partial charge in [-0.3, -0.25) is 0 Å². The molecule has 1 nitrogen and oxygen atoms in total. The summed E-state index contributed by atoms with van der Waals surface area (Å²) < 4.78 is 0. The molecule has 0 bridgehead atoms. The molecule has 0 aliphatic heterocycles. The normalized spacial score (nSPS) is 13.1. The summed E-state index contributed by atoms with van der Waals surface area (Å²) in [4.78, 5) is 5.27. The average molecular weight is 650 g/mol. The molecule has 8 aromatic carbocycles. The van der Waals surface area contributed by atoms with Crippen LogP contribution in [0.5, 0.6) is 0 Å². The van der Waals surface area contributed by atoms with Gasteiger partial charge in [0.2, 0.25) is 0 Å². The van der Waals surface area contributed by atoms with Gasteiger partial charge >= 0.3 is 0 Å². The molecule has 0 atom stereocenters. The van der Waals surface area contributed by atoms with E-state index in [4.69, 9.17) is 4.98 Å². The predicted octanol–water partition coefficient (Wildman–Crippen LogP) is 13.5. The first-order chi connectivity index (χ1) is 25.0. The van der Waals surface area contributed by atoms with Crippen molar-refractivity contribution in [3.05, 3.63) is 187 Å². The summed E-state index contributed by atoms with van der Waals surface area (Å²) in [5.74, 6) is 0. The fourth-order valence-corrected chi connectivity index (χ4v) is 8.18. The summed E-state index contributed by atoms with van der Waals surface area (Å²) in [7, 11) is 0. The van der Waals surface area contributed by atoms with Crippen LogP contribution >= 0.6 is 0 Å². The Bertz CT molecular complexity index is 2740. The molecule has 10 rings (SSSR count). The van der Waals surface area contributed by atoms with E-state index in [-0.39, 0.29) is 5.41 Å². The van der Waals surface area contributed by atoms with Crippen molar-refractivity contribution in [1.82, 2.24) is 4.98 Å². The third kappa shape index (κ3) is 4.96. The van der Waals surface area contributed by atoms with Crippen LogP contribution in [0.2, 0.25) is 0 Å². The fourth-order valence-electron chi connectivity index (χ4n) is 8.18. The van der Waals surface area contributed by atoms with Gasteiger partial charge in [-0.15, -0.1) is 0 Å². The average Bonchev–Trinajstić information content (AvgIpc) is 3.42. The molecular formula is C50H35N. The van der Waals surface area contributed by atoms with Gasteiger partial charge in [-0.05, 0) is 119 Å². The lowest BCUT2D eigenvalue weighted by molar-refractivity contribution is 0.660. The molecular weight excluding hydrogens is 615 g/mol. The summed E-state index contributed by atoms with van der Waals surface area (Å²) in [5, 5.41) is 7.35. The lowest BCUT2D eigenvalue weighted by atomic mass is 9.81. The molecule has 0 amide bonds. The molecule has 9 aromatic rings. The van der Waals surface area contributed by atoms with E-state index in [1.165, 1.54) is 71.3 Å². The quantitative estimate of drug-likeness (QED) is 0.185. The van der Waals surface area contributed by atoms with E-state index in [1.54, 1.807) is 0 Å². The molecule has 1 aromatic heterocycles. The van der Waals surface area contributed by atoms with Gasteiger partial charge in [-0.2, -0.15) is 0 Å². The second-order valence-electron chi connectivity index (χ2n) is 14.5. The topological polar surface area (TPSA) is 12.9 Å². The zero-order valence-corrected chi connectivity index (χ0v) is 28.7. The monoisotopic (exact) mass is 649 g/mol. The Morgan fingerprint density at radius 1 is 0.314 bits per heavy atom. The van der Waals surface area contributed by atoms with E-state index < -0.39 is 0 Å². The van der Waals surface area contributed by atoms with Crippen LogP contribution < -0.4 is 0 Å². The minimum absolute atomic E-state index is 0.0182. The van der Waals surface area contributed by atoms with Crippen LogP contribution in [-0.4, -0.2) is 4.98 Å². The zero-order chi connectivity index (χ0) is 34.1. The van der Waals surface area contributed by atoms with E-state index in [9.17, 15) is 0 Å². The van der Waals surface area contributed by atoms with E-state index in [0.717, 1.165) is 28.1 Å². The highest BCUT2D eigenvalue weighted by molar-refractivity contribution is 5.94. The number of hydrogen-bond donors (Lipinski definition) is 0. The maximum absolute atomic E-state index is 5.27. The van der Waals surface area contributed by atoms with Crippen LogP contribution in [-0.2, 0) is 5.41 Å². The number of fused-ring (bicyclic) bond motifs is 6. The first-order valence-electron chi connectivity index (χ1n) is 17.8. The molecule has 0 N–H and O–H groups in total. The van der Waals surface area contributed by atoms with E-state index in [0.29, 0.717) is 0 Å². The molecule has 1 heterocycles. The standard InChI is InChI=1S/C50H35N/c1-50(2)46-14-8-7-13-44(46)45-24-23-40(29-47(45)50)38-18-17-37-26-39(20-19-36(37)25-38)43-30-48(41-21-15-32-9-3-5-11-34(32)27-41)51-49(31-43)42-22-16-33-10-4-6-12-35(33)28-42/h3-31H,1-2H3. The van der Waals surface area contributed by atoms with Crippen molar-refractivity contribution in [3.63, 3.8) is 0 Å². The Morgan fingerprint density at radius 2 is 0.725 bits per heavy atom. The molecule has 0 saturated carbocycles. The second kappa shape index (κ2) is 11.4. The van der Waals surface area contributed by atoms with Crippen LogP contribution in [0.25, 0.3) is 88.2 Å². The molecule has 0 radical (unpaired) electrons. The lowest BCUT2D eigenvalue weighted by Crippen LogP contribution is -2.14. The van der Waals surface area contributed by atoms with Crippen molar-refractivity contribution in [2.75, 3.05) is 0 Å². The van der Waals surface area contributed by atoms with Gasteiger partial charge in [0.1, 0.15) is 0 Å². The van der Waals surface area contributed by atoms with Crippen molar-refractivity contribution >= 4 is 32.3 Å². The second-order valence-corrected chi connectivity index (χ2v) is 14.5. The summed E-state index contributed by atoms with van der Waals surface area (Å²) in [5.41, 5.74) is 14.5. The van der Waals surface area contributed by atoms with Gasteiger partial charge in [0, 0.05) is 16.5 Å². The Kier molecular flexibility index (Phi) is 6.60. The van der Waals surface area contributed by atoms with Crippen LogP contribution in [0.3, 0.4) is 0 Å². The highest BCUT2D eigenvalue weighted by atomic mass is 14.7. The van der Waals surface area contributed by atoms with Gasteiger partial charge < -0.3 is 0 Å². The Balaban J connectivity index is 1.06. The summed E-state index contributed by atoms with van der Waals surface area (Å²) >= 11 is 0. The van der Waals surface area contributed by atoms with Crippen molar-refractivity contribution in [2.45, 2.75) is 19.3 Å². The number of aromatic nitrogens is 1. The molecule has 240 valence electrons. The Morgan fingerprint density at radius 3 is 1.35 bits per heavy atom. The van der Waals surface area contributed by atoms with Crippen molar-refractivity contribution < 1.29 is 0 Å². The number of rotatable bonds is 4. The molecule has 1 aliphatic rings. The number of benzene rings is 8. The van der Waals surface area contributed by atoms with Crippen molar-refractivity contribution in [1.29, 1.82) is 0 Å². The van der Waals surface area contributed by atoms with Gasteiger partial charge in [0.25, 0.3) is 0 Å². The largest absolute Gasteiger partial charge is 0.248 e. The van der Waals surface area contributed by atoms with Crippen molar-refractivity contribution in [2.24, 2.45) is 0 Å². The Hall–Kier alpha value is -6.31. The minimum atomic E-state index is -0.0182. The highest BCUT2D eigenvalue weighted by Gasteiger charge is 2.35. The molecule has 1 heteroatoms. The first-order valence-corrected chi connectivity index (χ1v) is 17.8. The van der Waals surface area contributed by atoms with E-state index in [1.807, 2.05) is 0 Å². The van der Waals surface area contributed by atoms with Gasteiger partial charge in [-0.25, -0.2) is 4.98 Å². The smallest absolute Gasteiger partial charge is 0.0715 e. The maximum Gasteiger partial charge on any atom is 0.0715 e. The summed E-state index contributed by atoms with van der Waals surface area (Å²) in [6.45, 7) is 4.69. The van der Waals surface area contributed by atoms with E-state index >= 15 is 0 Å². The third-order valence-corrected chi connectivity index (χ3v) is 11.0. The van der Waals surface area contributed by atoms with E-state index in [2.05, 4.69) is 190 Å². The number of hydrogen-bond acceptors (Lipinski definition) is 1. The first kappa shape index (κ1) is 29.6. The Labute approximate surface area is 298 Å². The van der Waals surface area contributed by atoms with Gasteiger partial charge in [-0.1, -0.05) is 147 Å². The van der Waals surface area contributed by atoms with Crippen molar-refractivity contribution in [3.8, 4) is 55.9 Å². The lowest BCUT2D eigenvalue weighted by Gasteiger charge is -2.22. The van der Waals surface area contributed by atoms with Crippen LogP contribution in [0.15, 0.2) is 176 Å². The fraction of sp³-hybridized carbons (Fsp3) is 0.0600.